The Bertz CT molecular complexity index is 484. The average Bonchev–Trinajstić information content (AvgIpc) is 2.57. The molecule has 0 atom stereocenters. The molecule has 0 radical (unpaired) electrons. The summed E-state index contributed by atoms with van der Waals surface area (Å²) in [5.41, 5.74) is 0.386. The molecule has 98 valence electrons. The third kappa shape index (κ3) is 3.74. The molecule has 1 N–H and O–H groups in total. The maximum atomic E-state index is 11.7. The highest BCUT2D eigenvalue weighted by Crippen LogP contribution is 2.20. The molecule has 0 saturated heterocycles. The van der Waals surface area contributed by atoms with E-state index in [4.69, 9.17) is 10.00 Å². The maximum absolute atomic E-state index is 11.7. The van der Waals surface area contributed by atoms with Crippen molar-refractivity contribution in [3.05, 3.63) is 15.9 Å². The second-order valence-electron chi connectivity index (χ2n) is 4.81. The Morgan fingerprint density at radius 1 is 1.61 bits per heavy atom. The monoisotopic (exact) mass is 314 g/mol. The highest BCUT2D eigenvalue weighted by molar-refractivity contribution is 9.10. The van der Waals surface area contributed by atoms with Crippen LogP contribution in [0.1, 0.15) is 32.2 Å². The first-order valence-corrected chi connectivity index (χ1v) is 6.11. The Labute approximate surface area is 114 Å². The third-order valence-electron chi connectivity index (χ3n) is 1.98. The summed E-state index contributed by atoms with van der Waals surface area (Å²) < 4.78 is 5.79. The van der Waals surface area contributed by atoms with Crippen LogP contribution < -0.4 is 0 Å². The summed E-state index contributed by atoms with van der Waals surface area (Å²) in [5, 5.41) is 15.3. The van der Waals surface area contributed by atoms with Crippen molar-refractivity contribution in [2.75, 3.05) is 7.05 Å². The number of hydrogen-bond donors (Lipinski definition) is 1. The maximum Gasteiger partial charge on any atom is 0.410 e. The van der Waals surface area contributed by atoms with Crippen LogP contribution in [0.25, 0.3) is 0 Å². The van der Waals surface area contributed by atoms with Crippen molar-refractivity contribution in [1.29, 1.82) is 5.26 Å². The van der Waals surface area contributed by atoms with E-state index in [2.05, 4.69) is 26.1 Å². The van der Waals surface area contributed by atoms with Gasteiger partial charge in [-0.25, -0.2) is 4.79 Å². The van der Waals surface area contributed by atoms with E-state index in [-0.39, 0.29) is 12.2 Å². The molecule has 0 bridgehead atoms. The Morgan fingerprint density at radius 2 is 2.22 bits per heavy atom. The van der Waals surface area contributed by atoms with Gasteiger partial charge in [-0.05, 0) is 36.7 Å². The summed E-state index contributed by atoms with van der Waals surface area (Å²) in [6.45, 7) is 5.69. The number of H-pyrrole nitrogens is 1. The van der Waals surface area contributed by atoms with Crippen LogP contribution in [0.5, 0.6) is 0 Å². The minimum Gasteiger partial charge on any atom is -0.444 e. The highest BCUT2D eigenvalue weighted by Gasteiger charge is 2.21. The predicted molar refractivity (Wildman–Crippen MR) is 68.7 cm³/mol. The smallest absolute Gasteiger partial charge is 0.410 e. The molecule has 0 aliphatic rings. The number of nitrogens with zero attached hydrogens (tertiary/aromatic N) is 3. The van der Waals surface area contributed by atoms with Gasteiger partial charge in [-0.1, -0.05) is 0 Å². The van der Waals surface area contributed by atoms with Crippen molar-refractivity contribution in [2.24, 2.45) is 0 Å². The number of nitriles is 1. The number of carbonyl (C=O) groups excluding carboxylic acids is 1. The first kappa shape index (κ1) is 14.5. The van der Waals surface area contributed by atoms with Gasteiger partial charge < -0.3 is 9.64 Å². The van der Waals surface area contributed by atoms with Crippen LogP contribution in [0.3, 0.4) is 0 Å². The fourth-order valence-corrected chi connectivity index (χ4v) is 1.58. The van der Waals surface area contributed by atoms with Gasteiger partial charge in [0, 0.05) is 7.05 Å². The largest absolute Gasteiger partial charge is 0.444 e. The quantitative estimate of drug-likeness (QED) is 0.908. The summed E-state index contributed by atoms with van der Waals surface area (Å²) in [6.07, 6.45) is -0.428. The first-order valence-electron chi connectivity index (χ1n) is 5.31. The van der Waals surface area contributed by atoms with Gasteiger partial charge in [0.25, 0.3) is 0 Å². The van der Waals surface area contributed by atoms with E-state index in [0.717, 1.165) is 0 Å². The standard InChI is InChI=1S/C11H15BrN4O2/c1-11(2,3)18-10(17)16(4)6-8-9(12)7(5-13)14-15-8/h6H2,1-4H3,(H,14,15). The molecule has 1 amide bonds. The molecule has 0 fully saturated rings. The van der Waals surface area contributed by atoms with Gasteiger partial charge in [0.15, 0.2) is 5.69 Å². The van der Waals surface area contributed by atoms with Crippen molar-refractivity contribution in [1.82, 2.24) is 15.1 Å². The molecule has 0 unspecified atom stereocenters. The number of carbonyl (C=O) groups is 1. The van der Waals surface area contributed by atoms with Crippen LogP contribution in [0.15, 0.2) is 4.47 Å². The number of aromatic amines is 1. The van der Waals surface area contributed by atoms with Crippen molar-refractivity contribution in [3.8, 4) is 6.07 Å². The zero-order chi connectivity index (χ0) is 13.9. The Balaban J connectivity index is 2.70. The lowest BCUT2D eigenvalue weighted by molar-refractivity contribution is 0.0283. The zero-order valence-electron chi connectivity index (χ0n) is 10.7. The molecular weight excluding hydrogens is 300 g/mol. The highest BCUT2D eigenvalue weighted by atomic mass is 79.9. The van der Waals surface area contributed by atoms with Crippen LogP contribution in [-0.2, 0) is 11.3 Å². The number of aromatic nitrogens is 2. The van der Waals surface area contributed by atoms with E-state index in [1.165, 1.54) is 4.90 Å². The summed E-state index contributed by atoms with van der Waals surface area (Å²) >= 11 is 3.26. The first-order chi connectivity index (χ1) is 8.24. The zero-order valence-corrected chi connectivity index (χ0v) is 12.3. The van der Waals surface area contributed by atoms with Gasteiger partial charge in [0.2, 0.25) is 0 Å². The number of hydrogen-bond acceptors (Lipinski definition) is 4. The number of ether oxygens (including phenoxy) is 1. The van der Waals surface area contributed by atoms with Crippen LogP contribution >= 0.6 is 15.9 Å². The molecule has 0 aliphatic carbocycles. The lowest BCUT2D eigenvalue weighted by atomic mass is 10.2. The van der Waals surface area contributed by atoms with Gasteiger partial charge in [-0.15, -0.1) is 0 Å². The predicted octanol–water partition coefficient (Wildman–Crippen LogP) is 2.41. The van der Waals surface area contributed by atoms with Crippen molar-refractivity contribution in [2.45, 2.75) is 32.9 Å². The van der Waals surface area contributed by atoms with E-state index in [0.29, 0.717) is 10.2 Å². The van der Waals surface area contributed by atoms with Crippen molar-refractivity contribution < 1.29 is 9.53 Å². The molecule has 0 spiro atoms. The summed E-state index contributed by atoms with van der Waals surface area (Å²) in [5.74, 6) is 0. The summed E-state index contributed by atoms with van der Waals surface area (Å²) in [7, 11) is 1.62. The van der Waals surface area contributed by atoms with Gasteiger partial charge in [-0.2, -0.15) is 10.4 Å². The van der Waals surface area contributed by atoms with E-state index < -0.39 is 11.7 Å². The summed E-state index contributed by atoms with van der Waals surface area (Å²) in [6, 6.07) is 1.93. The lowest BCUT2D eigenvalue weighted by Crippen LogP contribution is -2.33. The van der Waals surface area contributed by atoms with E-state index in [9.17, 15) is 4.79 Å². The number of nitrogens with one attached hydrogen (secondary N) is 1. The molecule has 0 aliphatic heterocycles. The van der Waals surface area contributed by atoms with Gasteiger partial charge >= 0.3 is 6.09 Å². The molecule has 0 aromatic carbocycles. The fourth-order valence-electron chi connectivity index (χ4n) is 1.18. The number of halogens is 1. The number of amides is 1. The molecule has 1 aromatic rings. The second kappa shape index (κ2) is 5.40. The van der Waals surface area contributed by atoms with Crippen LogP contribution in [0.4, 0.5) is 4.79 Å². The second-order valence-corrected chi connectivity index (χ2v) is 5.61. The Kier molecular flexibility index (Phi) is 4.35. The minimum absolute atomic E-state index is 0.266. The van der Waals surface area contributed by atoms with Crippen molar-refractivity contribution in [3.63, 3.8) is 0 Å². The fraction of sp³-hybridized carbons (Fsp3) is 0.545. The molecule has 6 nitrogen and oxygen atoms in total. The topological polar surface area (TPSA) is 82.0 Å². The lowest BCUT2D eigenvalue weighted by Gasteiger charge is -2.24. The Morgan fingerprint density at radius 3 is 2.67 bits per heavy atom. The molecular formula is C11H15BrN4O2. The SMILES string of the molecule is CN(Cc1[nH]nc(C#N)c1Br)C(=O)OC(C)(C)C. The van der Waals surface area contributed by atoms with Crippen LogP contribution in [0, 0.1) is 11.3 Å². The van der Waals surface area contributed by atoms with E-state index in [1.54, 1.807) is 27.8 Å². The normalized spacial score (nSPS) is 10.9. The molecule has 18 heavy (non-hydrogen) atoms. The minimum atomic E-state index is -0.533. The van der Waals surface area contributed by atoms with Gasteiger partial charge in [0.05, 0.1) is 16.7 Å². The van der Waals surface area contributed by atoms with E-state index >= 15 is 0 Å². The molecule has 1 heterocycles. The third-order valence-corrected chi connectivity index (χ3v) is 2.84. The van der Waals surface area contributed by atoms with Gasteiger partial charge in [-0.3, -0.25) is 5.10 Å². The van der Waals surface area contributed by atoms with Crippen LogP contribution in [0.2, 0.25) is 0 Å². The molecule has 1 aromatic heterocycles. The molecule has 7 heteroatoms. The summed E-state index contributed by atoms with van der Waals surface area (Å²) in [4.78, 5) is 13.1. The van der Waals surface area contributed by atoms with E-state index in [1.807, 2.05) is 6.07 Å². The average molecular weight is 315 g/mol. The van der Waals surface area contributed by atoms with Crippen LogP contribution in [-0.4, -0.2) is 33.8 Å². The molecule has 0 saturated carbocycles. The molecule has 1 rings (SSSR count). The number of rotatable bonds is 2. The van der Waals surface area contributed by atoms with Crippen molar-refractivity contribution >= 4 is 22.0 Å². The van der Waals surface area contributed by atoms with Gasteiger partial charge in [0.1, 0.15) is 11.7 Å². The Hall–Kier alpha value is -1.55.